The summed E-state index contributed by atoms with van der Waals surface area (Å²) < 4.78 is 19.6. The minimum atomic E-state index is -0.875. The summed E-state index contributed by atoms with van der Waals surface area (Å²) in [5.74, 6) is -3.19. The maximum Gasteiger partial charge on any atom is 0.339 e. The fraction of sp³-hybridized carbons (Fsp3) is 0.320. The SMILES string of the molecule is C=CC(=O)CCCOOCc1ccc(C(=O)OCCOC(=O)C=C)c(C(=O)OCCOC(=O)C=C)c1. The molecule has 1 aromatic rings. The molecule has 0 radical (unpaired) electrons. The van der Waals surface area contributed by atoms with Crippen molar-refractivity contribution < 1.29 is 52.7 Å². The quantitative estimate of drug-likeness (QED) is 0.0727. The van der Waals surface area contributed by atoms with Gasteiger partial charge in [0.15, 0.2) is 5.78 Å². The van der Waals surface area contributed by atoms with Crippen LogP contribution in [0, 0.1) is 0 Å². The van der Waals surface area contributed by atoms with Gasteiger partial charge in [-0.15, -0.1) is 0 Å². The zero-order valence-electron chi connectivity index (χ0n) is 19.7. The lowest BCUT2D eigenvalue weighted by Gasteiger charge is -2.12. The van der Waals surface area contributed by atoms with Crippen molar-refractivity contribution in [1.29, 1.82) is 0 Å². The lowest BCUT2D eigenvalue weighted by atomic mass is 10.0. The van der Waals surface area contributed by atoms with Gasteiger partial charge in [0.25, 0.3) is 0 Å². The fourth-order valence-corrected chi connectivity index (χ4v) is 2.43. The number of hydrogen-bond acceptors (Lipinski definition) is 11. The van der Waals surface area contributed by atoms with Crippen LogP contribution in [0.1, 0.15) is 39.1 Å². The summed E-state index contributed by atoms with van der Waals surface area (Å²) in [6, 6.07) is 4.21. The summed E-state index contributed by atoms with van der Waals surface area (Å²) in [5, 5.41) is 0. The second kappa shape index (κ2) is 17.4. The predicted octanol–water partition coefficient (Wildman–Crippen LogP) is 2.44. The first-order valence-corrected chi connectivity index (χ1v) is 10.8. The van der Waals surface area contributed by atoms with Gasteiger partial charge in [0.1, 0.15) is 33.0 Å². The summed E-state index contributed by atoms with van der Waals surface area (Å²) in [6.45, 7) is 9.05. The summed E-state index contributed by atoms with van der Waals surface area (Å²) in [7, 11) is 0. The van der Waals surface area contributed by atoms with Crippen LogP contribution < -0.4 is 0 Å². The molecule has 0 aliphatic rings. The maximum atomic E-state index is 12.6. The lowest BCUT2D eigenvalue weighted by Crippen LogP contribution is -2.19. The Kier molecular flexibility index (Phi) is 14.4. The number of benzene rings is 1. The minimum Gasteiger partial charge on any atom is -0.459 e. The first-order valence-electron chi connectivity index (χ1n) is 10.8. The first-order chi connectivity index (χ1) is 17.3. The molecule has 0 fully saturated rings. The molecular weight excluding hydrogens is 476 g/mol. The van der Waals surface area contributed by atoms with E-state index in [9.17, 15) is 24.0 Å². The first kappa shape index (κ1) is 29.9. The average molecular weight is 504 g/mol. The smallest absolute Gasteiger partial charge is 0.339 e. The lowest BCUT2D eigenvalue weighted by molar-refractivity contribution is -0.304. The molecular formula is C25H28O11. The van der Waals surface area contributed by atoms with Crippen LogP contribution in [0.2, 0.25) is 0 Å². The molecule has 0 spiro atoms. The number of ketones is 1. The van der Waals surface area contributed by atoms with Crippen LogP contribution in [0.15, 0.2) is 56.2 Å². The molecule has 36 heavy (non-hydrogen) atoms. The van der Waals surface area contributed by atoms with Crippen molar-refractivity contribution in [2.45, 2.75) is 19.4 Å². The molecule has 1 rings (SSSR count). The van der Waals surface area contributed by atoms with Gasteiger partial charge in [0.2, 0.25) is 0 Å². The molecule has 0 amide bonds. The van der Waals surface area contributed by atoms with E-state index in [0.29, 0.717) is 12.0 Å². The molecule has 0 heterocycles. The Morgan fingerprint density at radius 3 is 1.78 bits per heavy atom. The van der Waals surface area contributed by atoms with Crippen molar-refractivity contribution >= 4 is 29.7 Å². The molecule has 0 saturated heterocycles. The zero-order valence-corrected chi connectivity index (χ0v) is 19.7. The van der Waals surface area contributed by atoms with E-state index in [2.05, 4.69) is 19.7 Å². The fourth-order valence-electron chi connectivity index (χ4n) is 2.43. The Bertz CT molecular complexity index is 965. The van der Waals surface area contributed by atoms with Gasteiger partial charge >= 0.3 is 23.9 Å². The highest BCUT2D eigenvalue weighted by Crippen LogP contribution is 2.16. The van der Waals surface area contributed by atoms with E-state index in [1.807, 2.05) is 0 Å². The largest absolute Gasteiger partial charge is 0.459 e. The molecule has 0 bridgehead atoms. The zero-order chi connectivity index (χ0) is 26.8. The predicted molar refractivity (Wildman–Crippen MR) is 124 cm³/mol. The van der Waals surface area contributed by atoms with Gasteiger partial charge in [-0.1, -0.05) is 25.8 Å². The normalized spacial score (nSPS) is 10.0. The molecule has 11 nitrogen and oxygen atoms in total. The van der Waals surface area contributed by atoms with Crippen molar-refractivity contribution in [2.75, 3.05) is 33.0 Å². The van der Waals surface area contributed by atoms with E-state index in [-0.39, 0.29) is 63.0 Å². The van der Waals surface area contributed by atoms with Crippen LogP contribution in [0.3, 0.4) is 0 Å². The molecule has 0 unspecified atom stereocenters. The second-order valence-electron chi connectivity index (χ2n) is 6.75. The Labute approximate surface area is 208 Å². The number of rotatable bonds is 18. The van der Waals surface area contributed by atoms with Gasteiger partial charge in [0.05, 0.1) is 17.7 Å². The van der Waals surface area contributed by atoms with Crippen LogP contribution in [-0.2, 0) is 49.7 Å². The summed E-state index contributed by atoms with van der Waals surface area (Å²) in [5.41, 5.74) is 0.236. The number of ether oxygens (including phenoxy) is 4. The highest BCUT2D eigenvalue weighted by molar-refractivity contribution is 6.03. The number of esters is 4. The third kappa shape index (κ3) is 11.9. The minimum absolute atomic E-state index is 0.0700. The topological polar surface area (TPSA) is 141 Å². The molecule has 0 aliphatic carbocycles. The molecule has 0 atom stereocenters. The highest BCUT2D eigenvalue weighted by atomic mass is 17.2. The molecule has 0 aromatic heterocycles. The monoisotopic (exact) mass is 504 g/mol. The van der Waals surface area contributed by atoms with Crippen molar-refractivity contribution in [2.24, 2.45) is 0 Å². The average Bonchev–Trinajstić information content (AvgIpc) is 2.89. The van der Waals surface area contributed by atoms with E-state index in [1.165, 1.54) is 24.3 Å². The van der Waals surface area contributed by atoms with E-state index in [0.717, 1.165) is 12.2 Å². The number of allylic oxidation sites excluding steroid dienone is 1. The van der Waals surface area contributed by atoms with Crippen molar-refractivity contribution in [3.8, 4) is 0 Å². The maximum absolute atomic E-state index is 12.6. The number of hydrogen-bond donors (Lipinski definition) is 0. The van der Waals surface area contributed by atoms with Gasteiger partial charge < -0.3 is 18.9 Å². The van der Waals surface area contributed by atoms with Crippen LogP contribution in [-0.4, -0.2) is 62.7 Å². The number of carbonyl (C=O) groups excluding carboxylic acids is 5. The van der Waals surface area contributed by atoms with Crippen LogP contribution in [0.25, 0.3) is 0 Å². The summed E-state index contributed by atoms with van der Waals surface area (Å²) >= 11 is 0. The Morgan fingerprint density at radius 1 is 0.667 bits per heavy atom. The summed E-state index contributed by atoms with van der Waals surface area (Å²) in [6.07, 6.45) is 3.87. The standard InChI is InChI=1S/C25H28O11/c1-4-19(26)8-7-11-35-36-17-18-9-10-20(24(29)33-14-12-31-22(27)5-2)21(16-18)25(30)34-15-13-32-23(28)6-3/h4-6,9-10,16H,1-3,7-8,11-15,17H2. The van der Waals surface area contributed by atoms with Crippen molar-refractivity contribution in [3.05, 3.63) is 72.9 Å². The van der Waals surface area contributed by atoms with Crippen LogP contribution in [0.5, 0.6) is 0 Å². The van der Waals surface area contributed by atoms with E-state index < -0.39 is 23.9 Å². The van der Waals surface area contributed by atoms with Crippen molar-refractivity contribution in [1.82, 2.24) is 0 Å². The van der Waals surface area contributed by atoms with E-state index in [4.69, 9.17) is 28.7 Å². The Morgan fingerprint density at radius 2 is 1.22 bits per heavy atom. The Balaban J connectivity index is 2.79. The number of carbonyl (C=O) groups is 5. The van der Waals surface area contributed by atoms with Crippen LogP contribution in [0.4, 0.5) is 0 Å². The Hall–Kier alpha value is -4.09. The van der Waals surface area contributed by atoms with Gasteiger partial charge in [-0.3, -0.25) is 4.79 Å². The van der Waals surface area contributed by atoms with Crippen molar-refractivity contribution in [3.63, 3.8) is 0 Å². The molecule has 11 heteroatoms. The van der Waals surface area contributed by atoms with E-state index in [1.54, 1.807) is 0 Å². The van der Waals surface area contributed by atoms with Gasteiger partial charge in [-0.25, -0.2) is 29.0 Å². The molecule has 0 saturated carbocycles. The van der Waals surface area contributed by atoms with Gasteiger partial charge in [0, 0.05) is 18.6 Å². The molecule has 0 aliphatic heterocycles. The third-order valence-electron chi connectivity index (χ3n) is 4.17. The molecule has 0 N–H and O–H groups in total. The highest BCUT2D eigenvalue weighted by Gasteiger charge is 2.21. The van der Waals surface area contributed by atoms with Crippen LogP contribution >= 0.6 is 0 Å². The molecule has 194 valence electrons. The van der Waals surface area contributed by atoms with Gasteiger partial charge in [-0.05, 0) is 30.2 Å². The van der Waals surface area contributed by atoms with Gasteiger partial charge in [-0.2, -0.15) is 0 Å². The summed E-state index contributed by atoms with van der Waals surface area (Å²) in [4.78, 5) is 68.6. The second-order valence-corrected chi connectivity index (χ2v) is 6.75. The van der Waals surface area contributed by atoms with E-state index >= 15 is 0 Å². The molecule has 1 aromatic carbocycles. The third-order valence-corrected chi connectivity index (χ3v) is 4.17.